The third kappa shape index (κ3) is 2.50. The lowest BCUT2D eigenvalue weighted by atomic mass is 10.0. The predicted octanol–water partition coefficient (Wildman–Crippen LogP) is 1.26. The Hall–Kier alpha value is -1.33. The van der Waals surface area contributed by atoms with E-state index in [0.29, 0.717) is 5.56 Å². The monoisotopic (exact) mass is 237 g/mol. The Bertz CT molecular complexity index is 412. The van der Waals surface area contributed by atoms with E-state index in [0.717, 1.165) is 18.8 Å². The van der Waals surface area contributed by atoms with Gasteiger partial charge in [-0.25, -0.2) is 5.84 Å². The van der Waals surface area contributed by atoms with E-state index in [2.05, 4.69) is 24.2 Å². The number of amides is 1. The Morgan fingerprint density at radius 1 is 1.65 bits per heavy atom. The summed E-state index contributed by atoms with van der Waals surface area (Å²) in [5.41, 5.74) is 2.78. The minimum Gasteiger partial charge on any atom is -0.467 e. The van der Waals surface area contributed by atoms with Crippen LogP contribution in [0, 0.1) is 0 Å². The summed E-state index contributed by atoms with van der Waals surface area (Å²) in [6.45, 7) is 6.28. The molecule has 3 N–H and O–H groups in total. The van der Waals surface area contributed by atoms with Crippen LogP contribution in [-0.2, 0) is 6.54 Å². The topological polar surface area (TPSA) is 71.5 Å². The average Bonchev–Trinajstić information content (AvgIpc) is 2.86. The highest BCUT2D eigenvalue weighted by molar-refractivity contribution is 5.93. The number of nitrogens with one attached hydrogen (secondary N) is 1. The Morgan fingerprint density at radius 2 is 2.41 bits per heavy atom. The highest BCUT2D eigenvalue weighted by atomic mass is 16.3. The molecule has 0 spiro atoms. The first-order valence-electron chi connectivity index (χ1n) is 5.86. The summed E-state index contributed by atoms with van der Waals surface area (Å²) in [6.07, 6.45) is 3.86. The van der Waals surface area contributed by atoms with Crippen molar-refractivity contribution in [2.75, 3.05) is 6.54 Å². The van der Waals surface area contributed by atoms with E-state index < -0.39 is 0 Å². The molecule has 0 aliphatic carbocycles. The summed E-state index contributed by atoms with van der Waals surface area (Å²) in [6, 6.07) is 1.75. The third-order valence-electron chi connectivity index (χ3n) is 3.47. The number of likely N-dealkylation sites (tertiary alicyclic amines) is 1. The third-order valence-corrected chi connectivity index (χ3v) is 3.47. The fraction of sp³-hybridized carbons (Fsp3) is 0.583. The molecule has 2 heterocycles. The molecule has 0 aromatic carbocycles. The fourth-order valence-electron chi connectivity index (χ4n) is 2.31. The molecule has 0 atom stereocenters. The first kappa shape index (κ1) is 12.1. The Kier molecular flexibility index (Phi) is 3.22. The van der Waals surface area contributed by atoms with Crippen molar-refractivity contribution in [2.24, 2.45) is 5.84 Å². The summed E-state index contributed by atoms with van der Waals surface area (Å²) < 4.78 is 5.38. The number of nitrogens with zero attached hydrogens (tertiary/aromatic N) is 1. The maximum Gasteiger partial charge on any atom is 0.268 e. The molecule has 1 aliphatic rings. The normalized spacial score (nSPS) is 19.5. The van der Waals surface area contributed by atoms with E-state index in [4.69, 9.17) is 10.3 Å². The average molecular weight is 237 g/mol. The van der Waals surface area contributed by atoms with Crippen LogP contribution in [0.4, 0.5) is 0 Å². The zero-order valence-corrected chi connectivity index (χ0v) is 10.3. The van der Waals surface area contributed by atoms with Crippen LogP contribution in [0.15, 0.2) is 16.7 Å². The van der Waals surface area contributed by atoms with Gasteiger partial charge in [0.2, 0.25) is 0 Å². The first-order valence-corrected chi connectivity index (χ1v) is 5.86. The largest absolute Gasteiger partial charge is 0.467 e. The van der Waals surface area contributed by atoms with Crippen molar-refractivity contribution < 1.29 is 9.21 Å². The summed E-state index contributed by atoms with van der Waals surface area (Å²) in [7, 11) is 0. The van der Waals surface area contributed by atoms with Crippen molar-refractivity contribution in [2.45, 2.75) is 38.8 Å². The lowest BCUT2D eigenvalue weighted by molar-refractivity contribution is 0.0953. The molecular weight excluding hydrogens is 218 g/mol. The van der Waals surface area contributed by atoms with Gasteiger partial charge in [0.1, 0.15) is 12.0 Å². The number of nitrogen functional groups attached to an aromatic ring is 1. The summed E-state index contributed by atoms with van der Waals surface area (Å²) >= 11 is 0. The molecule has 2 rings (SSSR count). The second-order valence-corrected chi connectivity index (χ2v) is 5.11. The number of hydrazine groups is 1. The SMILES string of the molecule is CC1(C)CCCN1Cc1cc(C(=O)NN)co1. The number of carbonyl (C=O) groups is 1. The van der Waals surface area contributed by atoms with Crippen LogP contribution in [0.3, 0.4) is 0 Å². The predicted molar refractivity (Wildman–Crippen MR) is 64.1 cm³/mol. The molecule has 0 radical (unpaired) electrons. The quantitative estimate of drug-likeness (QED) is 0.471. The minimum absolute atomic E-state index is 0.211. The Labute approximate surface area is 101 Å². The Morgan fingerprint density at radius 3 is 3.00 bits per heavy atom. The summed E-state index contributed by atoms with van der Waals surface area (Å²) in [5.74, 6) is 5.55. The zero-order valence-electron chi connectivity index (χ0n) is 10.3. The molecule has 5 nitrogen and oxygen atoms in total. The number of hydrogen-bond donors (Lipinski definition) is 2. The van der Waals surface area contributed by atoms with Crippen molar-refractivity contribution >= 4 is 5.91 Å². The van der Waals surface area contributed by atoms with Crippen molar-refractivity contribution in [3.8, 4) is 0 Å². The van der Waals surface area contributed by atoms with Gasteiger partial charge in [0.15, 0.2) is 0 Å². The molecule has 1 aliphatic heterocycles. The molecule has 0 unspecified atom stereocenters. The molecule has 1 aromatic rings. The molecule has 1 aromatic heterocycles. The molecule has 17 heavy (non-hydrogen) atoms. The van der Waals surface area contributed by atoms with Crippen LogP contribution < -0.4 is 11.3 Å². The number of furan rings is 1. The van der Waals surface area contributed by atoms with E-state index in [9.17, 15) is 4.79 Å². The van der Waals surface area contributed by atoms with Gasteiger partial charge in [-0.3, -0.25) is 15.1 Å². The molecule has 0 saturated carbocycles. The van der Waals surface area contributed by atoms with Gasteiger partial charge in [0, 0.05) is 5.54 Å². The number of nitrogens with two attached hydrogens (primary N) is 1. The molecule has 1 amide bonds. The Balaban J connectivity index is 2.04. The van der Waals surface area contributed by atoms with Crippen LogP contribution in [0.5, 0.6) is 0 Å². The zero-order chi connectivity index (χ0) is 12.5. The van der Waals surface area contributed by atoms with Crippen molar-refractivity contribution in [3.05, 3.63) is 23.7 Å². The van der Waals surface area contributed by atoms with Crippen LogP contribution >= 0.6 is 0 Å². The van der Waals surface area contributed by atoms with Gasteiger partial charge in [-0.05, 0) is 39.3 Å². The van der Waals surface area contributed by atoms with Gasteiger partial charge in [-0.15, -0.1) is 0 Å². The van der Waals surface area contributed by atoms with Crippen LogP contribution in [0.25, 0.3) is 0 Å². The van der Waals surface area contributed by atoms with Crippen molar-refractivity contribution in [3.63, 3.8) is 0 Å². The highest BCUT2D eigenvalue weighted by Crippen LogP contribution is 2.29. The first-order chi connectivity index (χ1) is 8.03. The summed E-state index contributed by atoms with van der Waals surface area (Å²) in [5, 5.41) is 0. The molecule has 0 bridgehead atoms. The maximum atomic E-state index is 11.3. The van der Waals surface area contributed by atoms with E-state index >= 15 is 0 Å². The lowest BCUT2D eigenvalue weighted by Gasteiger charge is -2.30. The minimum atomic E-state index is -0.319. The van der Waals surface area contributed by atoms with E-state index in [1.54, 1.807) is 6.07 Å². The van der Waals surface area contributed by atoms with Gasteiger partial charge in [-0.2, -0.15) is 0 Å². The highest BCUT2D eigenvalue weighted by Gasteiger charge is 2.32. The molecule has 5 heteroatoms. The molecule has 1 fully saturated rings. The van der Waals surface area contributed by atoms with E-state index in [1.807, 2.05) is 0 Å². The van der Waals surface area contributed by atoms with Crippen LogP contribution in [-0.4, -0.2) is 22.9 Å². The van der Waals surface area contributed by atoms with E-state index in [-0.39, 0.29) is 11.4 Å². The molecule has 1 saturated heterocycles. The standard InChI is InChI=1S/C12H19N3O2/c1-12(2)4-3-5-15(12)7-10-6-9(8-17-10)11(16)14-13/h6,8H,3-5,7,13H2,1-2H3,(H,14,16). The van der Waals surface area contributed by atoms with Gasteiger partial charge in [0.05, 0.1) is 12.1 Å². The molecule has 94 valence electrons. The van der Waals surface area contributed by atoms with Crippen molar-refractivity contribution in [1.29, 1.82) is 0 Å². The number of rotatable bonds is 3. The van der Waals surface area contributed by atoms with Crippen molar-refractivity contribution in [1.82, 2.24) is 10.3 Å². The van der Waals surface area contributed by atoms with Gasteiger partial charge in [-0.1, -0.05) is 0 Å². The van der Waals surface area contributed by atoms with Gasteiger partial charge in [0.25, 0.3) is 5.91 Å². The fourth-order valence-corrected chi connectivity index (χ4v) is 2.31. The second-order valence-electron chi connectivity index (χ2n) is 5.11. The maximum absolute atomic E-state index is 11.3. The molecular formula is C12H19N3O2. The van der Waals surface area contributed by atoms with E-state index in [1.165, 1.54) is 19.1 Å². The summed E-state index contributed by atoms with van der Waals surface area (Å²) in [4.78, 5) is 13.7. The number of hydrogen-bond acceptors (Lipinski definition) is 4. The van der Waals surface area contributed by atoms with Crippen LogP contribution in [0.1, 0.15) is 42.8 Å². The van der Waals surface area contributed by atoms with Gasteiger partial charge < -0.3 is 4.42 Å². The van der Waals surface area contributed by atoms with Crippen LogP contribution in [0.2, 0.25) is 0 Å². The second kappa shape index (κ2) is 4.50. The van der Waals surface area contributed by atoms with Gasteiger partial charge >= 0.3 is 0 Å². The number of carbonyl (C=O) groups excluding carboxylic acids is 1. The lowest BCUT2D eigenvalue weighted by Crippen LogP contribution is -2.37. The smallest absolute Gasteiger partial charge is 0.268 e.